The molecule has 6 nitrogen and oxygen atoms in total. The van der Waals surface area contributed by atoms with Crippen molar-refractivity contribution in [3.05, 3.63) is 21.9 Å². The van der Waals surface area contributed by atoms with Crippen LogP contribution in [0.4, 0.5) is 5.69 Å². The number of carbonyl (C=O) groups is 1. The van der Waals surface area contributed by atoms with Crippen LogP contribution in [0.2, 0.25) is 0 Å². The Labute approximate surface area is 73.9 Å². The number of aromatic nitrogens is 1. The molecular weight excluding hydrogens is 176 g/mol. The first-order chi connectivity index (χ1) is 6.11. The first-order valence-corrected chi connectivity index (χ1v) is 3.45. The van der Waals surface area contributed by atoms with Crippen LogP contribution in [0, 0.1) is 10.1 Å². The normalized spacial score (nSPS) is 9.69. The zero-order chi connectivity index (χ0) is 10.0. The molecule has 0 aromatic carbocycles. The summed E-state index contributed by atoms with van der Waals surface area (Å²) in [5.41, 5.74) is 0.00986. The summed E-state index contributed by atoms with van der Waals surface area (Å²) in [6, 6.07) is 1.17. The van der Waals surface area contributed by atoms with Gasteiger partial charge in [0.05, 0.1) is 17.7 Å². The summed E-state index contributed by atoms with van der Waals surface area (Å²) < 4.78 is 6.11. The Hall–Kier alpha value is -1.85. The second-order valence-electron chi connectivity index (χ2n) is 2.40. The van der Waals surface area contributed by atoms with Gasteiger partial charge in [0, 0.05) is 13.1 Å². The molecule has 0 fully saturated rings. The lowest BCUT2D eigenvalue weighted by Gasteiger charge is -2.00. The third-order valence-corrected chi connectivity index (χ3v) is 1.71. The van der Waals surface area contributed by atoms with Gasteiger partial charge in [0.25, 0.3) is 5.88 Å². The molecule has 13 heavy (non-hydrogen) atoms. The van der Waals surface area contributed by atoms with Gasteiger partial charge < -0.3 is 9.30 Å². The number of hydrogen-bond acceptors (Lipinski definition) is 4. The van der Waals surface area contributed by atoms with Crippen LogP contribution in [0.15, 0.2) is 6.07 Å². The first-order valence-electron chi connectivity index (χ1n) is 3.45. The molecule has 0 atom stereocenters. The number of ether oxygens (including phenoxy) is 1. The summed E-state index contributed by atoms with van der Waals surface area (Å²) in [5, 5.41) is 10.5. The molecule has 0 saturated heterocycles. The molecule has 1 rings (SSSR count). The zero-order valence-corrected chi connectivity index (χ0v) is 7.18. The number of hydrogen-bond donors (Lipinski definition) is 0. The van der Waals surface area contributed by atoms with Crippen LogP contribution in [0.1, 0.15) is 10.5 Å². The summed E-state index contributed by atoms with van der Waals surface area (Å²) in [6.45, 7) is 0. The number of carbonyl (C=O) groups excluding carboxylic acids is 1. The molecule has 70 valence electrons. The summed E-state index contributed by atoms with van der Waals surface area (Å²) in [6.07, 6.45) is 0.537. The van der Waals surface area contributed by atoms with E-state index in [1.807, 2.05) is 0 Å². The highest BCUT2D eigenvalue weighted by Crippen LogP contribution is 2.28. The summed E-state index contributed by atoms with van der Waals surface area (Å²) in [5.74, 6) is 0.0760. The quantitative estimate of drug-likeness (QED) is 0.394. The molecule has 0 aliphatic carbocycles. The molecule has 0 aliphatic rings. The van der Waals surface area contributed by atoms with E-state index < -0.39 is 4.92 Å². The molecule has 0 saturated carbocycles. The summed E-state index contributed by atoms with van der Waals surface area (Å²) in [4.78, 5) is 20.3. The van der Waals surface area contributed by atoms with Crippen molar-refractivity contribution in [3.8, 4) is 5.88 Å². The van der Waals surface area contributed by atoms with Gasteiger partial charge in [-0.1, -0.05) is 0 Å². The number of methoxy groups -OCH3 is 1. The highest BCUT2D eigenvalue weighted by molar-refractivity contribution is 5.76. The molecule has 1 heterocycles. The van der Waals surface area contributed by atoms with Crippen LogP contribution in [0.25, 0.3) is 0 Å². The van der Waals surface area contributed by atoms with Gasteiger partial charge in [0.1, 0.15) is 0 Å². The number of nitro groups is 1. The summed E-state index contributed by atoms with van der Waals surface area (Å²) >= 11 is 0. The van der Waals surface area contributed by atoms with Gasteiger partial charge >= 0.3 is 5.69 Å². The fraction of sp³-hybridized carbons (Fsp3) is 0.286. The van der Waals surface area contributed by atoms with E-state index in [9.17, 15) is 14.9 Å². The average Bonchev–Trinajstić information content (AvgIpc) is 2.42. The van der Waals surface area contributed by atoms with Crippen molar-refractivity contribution in [2.45, 2.75) is 0 Å². The maximum Gasteiger partial charge on any atom is 0.331 e. The third-order valence-electron chi connectivity index (χ3n) is 1.71. The smallest absolute Gasteiger partial charge is 0.331 e. The van der Waals surface area contributed by atoms with Crippen molar-refractivity contribution in [2.75, 3.05) is 7.11 Å². The van der Waals surface area contributed by atoms with Gasteiger partial charge in [-0.15, -0.1) is 0 Å². The van der Waals surface area contributed by atoms with E-state index in [2.05, 4.69) is 0 Å². The molecule has 6 heteroatoms. The highest BCUT2D eigenvalue weighted by Gasteiger charge is 2.21. The van der Waals surface area contributed by atoms with Gasteiger partial charge in [0.15, 0.2) is 6.29 Å². The van der Waals surface area contributed by atoms with E-state index in [1.54, 1.807) is 0 Å². The lowest BCUT2D eigenvalue weighted by molar-refractivity contribution is -0.385. The van der Waals surface area contributed by atoms with E-state index in [4.69, 9.17) is 4.74 Å². The van der Waals surface area contributed by atoms with Gasteiger partial charge in [-0.05, 0) is 0 Å². The number of nitrogens with zero attached hydrogens (tertiary/aromatic N) is 2. The second-order valence-corrected chi connectivity index (χ2v) is 2.40. The Balaban J connectivity index is 3.35. The van der Waals surface area contributed by atoms with Crippen LogP contribution < -0.4 is 4.74 Å². The van der Waals surface area contributed by atoms with Crippen molar-refractivity contribution in [3.63, 3.8) is 0 Å². The minimum absolute atomic E-state index is 0.0760. The van der Waals surface area contributed by atoms with Gasteiger partial charge in [0.2, 0.25) is 0 Å². The topological polar surface area (TPSA) is 74.4 Å². The van der Waals surface area contributed by atoms with Crippen molar-refractivity contribution < 1.29 is 14.5 Å². The molecule has 0 N–H and O–H groups in total. The van der Waals surface area contributed by atoms with Crippen LogP contribution >= 0.6 is 0 Å². The molecule has 1 aromatic rings. The Morgan fingerprint density at radius 1 is 1.69 bits per heavy atom. The zero-order valence-electron chi connectivity index (χ0n) is 7.18. The molecule has 0 bridgehead atoms. The standard InChI is InChI=1S/C7H8N2O4/c1-8-5(4-10)3-6(9(11)12)7(8)13-2/h3-4H,1-2H3. The van der Waals surface area contributed by atoms with E-state index >= 15 is 0 Å². The first kappa shape index (κ1) is 9.24. The Bertz CT molecular complexity index is 356. The fourth-order valence-electron chi connectivity index (χ4n) is 1.07. The second kappa shape index (κ2) is 3.26. The van der Waals surface area contributed by atoms with Crippen molar-refractivity contribution in [1.29, 1.82) is 0 Å². The van der Waals surface area contributed by atoms with Crippen LogP contribution in [-0.4, -0.2) is 22.9 Å². The Morgan fingerprint density at radius 3 is 2.62 bits per heavy atom. The van der Waals surface area contributed by atoms with E-state index in [1.165, 1.54) is 24.8 Å². The molecule has 0 radical (unpaired) electrons. The average molecular weight is 184 g/mol. The van der Waals surface area contributed by atoms with Crippen molar-refractivity contribution >= 4 is 12.0 Å². The molecule has 0 amide bonds. The van der Waals surface area contributed by atoms with Crippen LogP contribution in [-0.2, 0) is 7.05 Å². The van der Waals surface area contributed by atoms with E-state index in [0.29, 0.717) is 6.29 Å². The van der Waals surface area contributed by atoms with Gasteiger partial charge in [-0.25, -0.2) is 0 Å². The number of rotatable bonds is 3. The Morgan fingerprint density at radius 2 is 2.31 bits per heavy atom. The monoisotopic (exact) mass is 184 g/mol. The maximum atomic E-state index is 10.5. The molecule has 1 aromatic heterocycles. The summed E-state index contributed by atoms with van der Waals surface area (Å²) in [7, 11) is 2.84. The van der Waals surface area contributed by atoms with Crippen LogP contribution in [0.5, 0.6) is 5.88 Å². The lowest BCUT2D eigenvalue weighted by Crippen LogP contribution is -1.98. The van der Waals surface area contributed by atoms with Crippen molar-refractivity contribution in [1.82, 2.24) is 4.57 Å². The Kier molecular flexibility index (Phi) is 2.32. The highest BCUT2D eigenvalue weighted by atomic mass is 16.6. The molecule has 0 spiro atoms. The third kappa shape index (κ3) is 1.37. The van der Waals surface area contributed by atoms with Gasteiger partial charge in [-0.2, -0.15) is 0 Å². The van der Waals surface area contributed by atoms with Gasteiger partial charge in [-0.3, -0.25) is 14.9 Å². The lowest BCUT2D eigenvalue weighted by atomic mass is 10.4. The molecule has 0 aliphatic heterocycles. The minimum Gasteiger partial charge on any atom is -0.477 e. The number of aldehydes is 1. The molecular formula is C7H8N2O4. The fourth-order valence-corrected chi connectivity index (χ4v) is 1.07. The predicted molar refractivity (Wildman–Crippen MR) is 44.0 cm³/mol. The maximum absolute atomic E-state index is 10.5. The van der Waals surface area contributed by atoms with E-state index in [0.717, 1.165) is 0 Å². The SMILES string of the molecule is COc1c([N+](=O)[O-])cc(C=O)n1C. The largest absolute Gasteiger partial charge is 0.477 e. The predicted octanol–water partition coefficient (Wildman–Crippen LogP) is 0.754. The van der Waals surface area contributed by atoms with Crippen LogP contribution in [0.3, 0.4) is 0 Å². The van der Waals surface area contributed by atoms with E-state index in [-0.39, 0.29) is 17.3 Å². The van der Waals surface area contributed by atoms with Crippen molar-refractivity contribution in [2.24, 2.45) is 7.05 Å². The molecule has 0 unspecified atom stereocenters. The minimum atomic E-state index is -0.591.